The number of hydrogen-bond donors (Lipinski definition) is 0. The number of fused-ring (bicyclic) bond motifs is 12. The second-order valence-electron chi connectivity index (χ2n) is 28.9. The van der Waals surface area contributed by atoms with E-state index in [2.05, 4.69) is 204 Å². The highest BCUT2D eigenvalue weighted by atomic mass is 14.9. The van der Waals surface area contributed by atoms with Gasteiger partial charge < -0.3 is 0 Å². The quantitative estimate of drug-likeness (QED) is 0.156. The molecule has 4 aliphatic carbocycles. The third kappa shape index (κ3) is 13.0. The number of rotatable bonds is 6. The lowest BCUT2D eigenvalue weighted by Crippen LogP contribution is -2.31. The lowest BCUT2D eigenvalue weighted by atomic mass is 9.87. The van der Waals surface area contributed by atoms with Gasteiger partial charge >= 0.3 is 0 Å². The molecule has 98 heavy (non-hydrogen) atoms. The van der Waals surface area contributed by atoms with Crippen LogP contribution in [-0.4, -0.2) is 19.9 Å². The number of aryl methyl sites for hydroxylation is 10. The topological polar surface area (TPSA) is 67.1 Å². The van der Waals surface area contributed by atoms with Crippen molar-refractivity contribution in [2.75, 3.05) is 0 Å². The minimum atomic E-state index is -2.09. The summed E-state index contributed by atoms with van der Waals surface area (Å²) < 4.78 is 56.8. The summed E-state index contributed by atoms with van der Waals surface area (Å²) in [7, 11) is 8.11. The van der Waals surface area contributed by atoms with Crippen LogP contribution < -0.4 is 18.3 Å². The van der Waals surface area contributed by atoms with Gasteiger partial charge in [-0.2, -0.15) is 0 Å². The lowest BCUT2D eigenvalue weighted by molar-refractivity contribution is -0.660. The SMILES string of the molecule is Cc1cc[n+](C)c(-c2ccc3c(c2C)Cc2nc(C)ccc2-3)c1.[2H]C(C)(C)c1cc[n+](C)c(-c2ccc3c(c2C)Cc2nc(C)ccc2-3)c1.[2H]C([2H])([2H])c1ccc(-c2ccc3c(c2C)Cc2nc(C)ccc2-3)[n+](C)c1.[2H]C([2H])(c1cc[n+](C)c(-c2ccc3c(c2C)Cc2nc(C)ccc2-3)c1)C(C)(C)C. The Labute approximate surface area is 591 Å². The zero-order valence-electron chi connectivity index (χ0n) is 66.6. The Morgan fingerprint density at radius 1 is 0.378 bits per heavy atom. The van der Waals surface area contributed by atoms with Crippen LogP contribution in [0.25, 0.3) is 89.5 Å². The molecule has 8 nitrogen and oxygen atoms in total. The van der Waals surface area contributed by atoms with Gasteiger partial charge in [0.15, 0.2) is 24.8 Å². The summed E-state index contributed by atoms with van der Waals surface area (Å²) in [6.07, 6.45) is 10.0. The molecule has 8 heterocycles. The van der Waals surface area contributed by atoms with Crippen LogP contribution in [0.15, 0.2) is 170 Å². The highest BCUT2D eigenvalue weighted by molar-refractivity contribution is 5.85. The summed E-state index contributed by atoms with van der Waals surface area (Å²) in [6.45, 7) is 26.7. The van der Waals surface area contributed by atoms with Crippen LogP contribution >= 0.6 is 0 Å². The van der Waals surface area contributed by atoms with E-state index in [0.717, 1.165) is 99.2 Å². The Kier molecular flexibility index (Phi) is 16.0. The lowest BCUT2D eigenvalue weighted by Gasteiger charge is -2.18. The van der Waals surface area contributed by atoms with E-state index in [9.17, 15) is 0 Å². The first-order valence-corrected chi connectivity index (χ1v) is 34.4. The van der Waals surface area contributed by atoms with Gasteiger partial charge in [0.25, 0.3) is 0 Å². The largest absolute Gasteiger partial charge is 0.257 e. The molecule has 0 amide bonds. The molecular weight excluding hydrogens is 1190 g/mol. The Bertz CT molecular complexity index is 5480. The van der Waals surface area contributed by atoms with Gasteiger partial charge in [-0.05, 0) is 225 Å². The maximum atomic E-state index is 8.68. The molecule has 0 aliphatic heterocycles. The molecule has 0 radical (unpaired) electrons. The van der Waals surface area contributed by atoms with Crippen LogP contribution in [0.1, 0.15) is 161 Å². The molecule has 12 aromatic rings. The smallest absolute Gasteiger partial charge is 0.212 e. The standard InChI is InChI=1S/C25H29N2.C23H25N2.2C21H21N2/c1-16-7-8-21-20-10-9-19(17(2)22(20)14-23(21)26-16)24-13-18(11-12-27(24)6)15-25(3,4)5;1-14(2)17-10-11-25(5)23(12-17)18-8-9-19-20-7-6-15(3)24-22(20)13-21(19)16(18)4;1-13-5-10-21(23(4)12-13)16-8-9-17-18-7-6-14(2)22-20(18)11-19(17)15(16)3;1-13-9-10-23(4)21(11-13)16-7-8-17-18-6-5-14(2)22-20(18)12-19(17)15(16)3/h7-13H,14-15H2,1-6H3;6-12,14H,13H2,1-5H3;5-10,12H,11H2,1-4H3;5-11H,12H2,1-4H3/q4*+1/i15D2;14D;1D3;. The molecule has 0 fully saturated rings. The predicted octanol–water partition coefficient (Wildman–Crippen LogP) is 18.4. The van der Waals surface area contributed by atoms with Crippen LogP contribution in [0, 0.1) is 74.6 Å². The normalized spacial score (nSPS) is 13.7. The molecule has 0 saturated carbocycles. The Morgan fingerprint density at radius 3 is 1.08 bits per heavy atom. The number of benzene rings is 4. The van der Waals surface area contributed by atoms with Gasteiger partial charge in [0.1, 0.15) is 28.2 Å². The van der Waals surface area contributed by atoms with Crippen molar-refractivity contribution in [2.45, 2.75) is 142 Å². The van der Waals surface area contributed by atoms with Crippen molar-refractivity contribution in [2.24, 2.45) is 33.6 Å². The second-order valence-corrected chi connectivity index (χ2v) is 28.9. The van der Waals surface area contributed by atoms with E-state index < -0.39 is 24.5 Å². The molecular formula is C90H96N8+4. The molecule has 0 saturated heterocycles. The maximum absolute atomic E-state index is 8.68. The first-order valence-electron chi connectivity index (χ1n) is 37.4. The van der Waals surface area contributed by atoms with Gasteiger partial charge in [-0.1, -0.05) is 83.1 Å². The van der Waals surface area contributed by atoms with E-state index in [-0.39, 0.29) is 0 Å². The Morgan fingerprint density at radius 2 is 0.714 bits per heavy atom. The number of aromatic nitrogens is 8. The fourth-order valence-corrected chi connectivity index (χ4v) is 15.0. The Balaban J connectivity index is 0.000000124. The molecule has 4 aliphatic rings. The molecule has 0 spiro atoms. The van der Waals surface area contributed by atoms with Gasteiger partial charge in [0.2, 0.25) is 22.8 Å². The first-order chi connectivity index (χ1) is 49.1. The van der Waals surface area contributed by atoms with Gasteiger partial charge in [0.05, 0.1) is 22.8 Å². The van der Waals surface area contributed by atoms with E-state index in [1.54, 1.807) is 12.3 Å². The molecule has 0 unspecified atom stereocenters. The van der Waals surface area contributed by atoms with E-state index in [1.807, 2.05) is 97.6 Å². The monoisotopic (exact) mass is 1290 g/mol. The third-order valence-electron chi connectivity index (χ3n) is 20.3. The summed E-state index contributed by atoms with van der Waals surface area (Å²) in [4.78, 5) is 18.9. The zero-order chi connectivity index (χ0) is 74.5. The van der Waals surface area contributed by atoms with E-state index in [1.165, 1.54) is 123 Å². The summed E-state index contributed by atoms with van der Waals surface area (Å²) >= 11 is 0. The molecule has 0 bridgehead atoms. The van der Waals surface area contributed by atoms with Crippen LogP contribution in [0.3, 0.4) is 0 Å². The third-order valence-corrected chi connectivity index (χ3v) is 20.3. The second kappa shape index (κ2) is 26.5. The number of nitrogens with zero attached hydrogens (tertiary/aromatic N) is 8. The van der Waals surface area contributed by atoms with E-state index in [0.29, 0.717) is 5.56 Å². The fourth-order valence-electron chi connectivity index (χ4n) is 15.0. The summed E-state index contributed by atoms with van der Waals surface area (Å²) in [5, 5.41) is 0. The van der Waals surface area contributed by atoms with Crippen molar-refractivity contribution >= 4 is 0 Å². The van der Waals surface area contributed by atoms with Gasteiger partial charge in [-0.15, -0.1) is 0 Å². The maximum Gasteiger partial charge on any atom is 0.212 e. The average Bonchev–Trinajstić information content (AvgIpc) is 1.65. The van der Waals surface area contributed by atoms with Crippen LogP contribution in [0.2, 0.25) is 0 Å². The number of pyridine rings is 8. The number of hydrogen-bond acceptors (Lipinski definition) is 4. The molecule has 8 heteroatoms. The average molecular weight is 1300 g/mol. The van der Waals surface area contributed by atoms with Gasteiger partial charge in [-0.3, -0.25) is 19.9 Å². The molecule has 0 atom stereocenters. The summed E-state index contributed by atoms with van der Waals surface area (Å²) in [5.74, 6) is -0.606. The molecule has 492 valence electrons. The fraction of sp³-hybridized carbons (Fsp3) is 0.289. The van der Waals surface area contributed by atoms with Crippen molar-refractivity contribution < 1.29 is 26.5 Å². The van der Waals surface area contributed by atoms with Crippen LogP contribution in [-0.2, 0) is 60.2 Å². The Hall–Kier alpha value is -9.92. The molecule has 4 aromatic carbocycles. The van der Waals surface area contributed by atoms with E-state index in [4.69, 9.17) is 28.2 Å². The molecule has 16 rings (SSSR count). The highest BCUT2D eigenvalue weighted by Crippen LogP contribution is 2.45. The minimum Gasteiger partial charge on any atom is -0.257 e. The van der Waals surface area contributed by atoms with Crippen molar-refractivity contribution in [3.8, 4) is 89.5 Å². The van der Waals surface area contributed by atoms with Gasteiger partial charge in [-0.25, -0.2) is 18.3 Å². The summed E-state index contributed by atoms with van der Waals surface area (Å²) in [5.41, 5.74) is 42.1. The van der Waals surface area contributed by atoms with Crippen LogP contribution in [0.4, 0.5) is 0 Å². The van der Waals surface area contributed by atoms with E-state index >= 15 is 0 Å². The van der Waals surface area contributed by atoms with Gasteiger partial charge in [0, 0.05) is 149 Å². The van der Waals surface area contributed by atoms with Crippen LogP contribution in [0.5, 0.6) is 0 Å². The molecule has 8 aromatic heterocycles. The van der Waals surface area contributed by atoms with Crippen molar-refractivity contribution in [3.63, 3.8) is 0 Å². The molecule has 0 N–H and O–H groups in total. The highest BCUT2D eigenvalue weighted by Gasteiger charge is 2.30. The van der Waals surface area contributed by atoms with Crippen molar-refractivity contribution in [1.82, 2.24) is 19.9 Å². The first kappa shape index (κ1) is 59.4. The van der Waals surface area contributed by atoms with Crippen molar-refractivity contribution in [3.05, 3.63) is 283 Å². The predicted molar refractivity (Wildman–Crippen MR) is 401 cm³/mol. The van der Waals surface area contributed by atoms with Crippen molar-refractivity contribution in [1.29, 1.82) is 0 Å². The summed E-state index contributed by atoms with van der Waals surface area (Å²) in [6, 6.07) is 50.9. The zero-order valence-corrected chi connectivity index (χ0v) is 60.6. The minimum absolute atomic E-state index is 0.356.